The summed E-state index contributed by atoms with van der Waals surface area (Å²) in [6.45, 7) is 6.21. The highest BCUT2D eigenvalue weighted by molar-refractivity contribution is 6.30. The van der Waals surface area contributed by atoms with Crippen molar-refractivity contribution in [3.05, 3.63) is 69.9 Å². The zero-order chi connectivity index (χ0) is 15.9. The Morgan fingerprint density at radius 1 is 1.09 bits per heavy atom. The van der Waals surface area contributed by atoms with E-state index in [1.165, 1.54) is 5.56 Å². The van der Waals surface area contributed by atoms with E-state index in [0.29, 0.717) is 10.6 Å². The van der Waals surface area contributed by atoms with Crippen LogP contribution in [0.4, 0.5) is 0 Å². The molecule has 22 heavy (non-hydrogen) atoms. The van der Waals surface area contributed by atoms with Gasteiger partial charge in [-0.15, -0.1) is 0 Å². The van der Waals surface area contributed by atoms with Crippen molar-refractivity contribution in [2.45, 2.75) is 27.2 Å². The maximum Gasteiger partial charge on any atom is 0.262 e. The minimum atomic E-state index is -0.0171. The van der Waals surface area contributed by atoms with E-state index in [4.69, 9.17) is 11.6 Å². The molecule has 0 saturated carbocycles. The van der Waals surface area contributed by atoms with Gasteiger partial charge in [-0.25, -0.2) is 0 Å². The lowest BCUT2D eigenvalue weighted by atomic mass is 10.1. The molecule has 0 radical (unpaired) electrons. The van der Waals surface area contributed by atoms with Gasteiger partial charge in [-0.3, -0.25) is 9.36 Å². The van der Waals surface area contributed by atoms with E-state index in [9.17, 15) is 4.79 Å². The number of fused-ring (bicyclic) bond motifs is 1. The van der Waals surface area contributed by atoms with Crippen molar-refractivity contribution in [2.24, 2.45) is 0 Å². The molecular formula is C19H18ClNO. The molecule has 0 amide bonds. The largest absolute Gasteiger partial charge is 0.280 e. The summed E-state index contributed by atoms with van der Waals surface area (Å²) in [5.74, 6) is -0.0171. The van der Waals surface area contributed by atoms with Crippen LogP contribution in [0.15, 0.2) is 42.5 Å². The Morgan fingerprint density at radius 2 is 1.77 bits per heavy atom. The molecule has 1 heterocycles. The van der Waals surface area contributed by atoms with Crippen LogP contribution in [-0.4, -0.2) is 10.5 Å². The molecule has 0 unspecified atom stereocenters. The van der Waals surface area contributed by atoms with E-state index in [1.807, 2.05) is 13.0 Å². The van der Waals surface area contributed by atoms with Crippen LogP contribution in [0.5, 0.6) is 0 Å². The predicted molar refractivity (Wildman–Crippen MR) is 92.0 cm³/mol. The first-order valence-corrected chi connectivity index (χ1v) is 7.81. The van der Waals surface area contributed by atoms with Crippen molar-refractivity contribution >= 4 is 28.4 Å². The highest BCUT2D eigenvalue weighted by Gasteiger charge is 2.17. The van der Waals surface area contributed by atoms with Crippen LogP contribution in [0, 0.1) is 13.8 Å². The molecule has 0 spiro atoms. The highest BCUT2D eigenvalue weighted by Crippen LogP contribution is 2.27. The molecule has 0 aliphatic heterocycles. The molecule has 3 heteroatoms. The van der Waals surface area contributed by atoms with Crippen LogP contribution in [0.3, 0.4) is 0 Å². The van der Waals surface area contributed by atoms with E-state index in [0.717, 1.165) is 28.6 Å². The number of carbonyl (C=O) groups excluding carboxylic acids is 1. The Labute approximate surface area is 135 Å². The van der Waals surface area contributed by atoms with Crippen LogP contribution in [-0.2, 0) is 6.42 Å². The average molecular weight is 312 g/mol. The molecule has 3 rings (SSSR count). The monoisotopic (exact) mass is 311 g/mol. The number of nitrogens with zero attached hydrogens (tertiary/aromatic N) is 1. The third-order valence-electron chi connectivity index (χ3n) is 4.29. The summed E-state index contributed by atoms with van der Waals surface area (Å²) in [4.78, 5) is 12.9. The molecule has 2 aromatic carbocycles. The Bertz CT molecular complexity index is 859. The molecule has 1 aromatic heterocycles. The molecule has 0 bridgehead atoms. The first-order chi connectivity index (χ1) is 10.5. The fourth-order valence-corrected chi connectivity index (χ4v) is 2.95. The van der Waals surface area contributed by atoms with Crippen molar-refractivity contribution in [3.8, 4) is 0 Å². The zero-order valence-electron chi connectivity index (χ0n) is 13.0. The molecular weight excluding hydrogens is 294 g/mol. The second-order valence-electron chi connectivity index (χ2n) is 5.56. The predicted octanol–water partition coefficient (Wildman–Crippen LogP) is 5.16. The van der Waals surface area contributed by atoms with Gasteiger partial charge in [0.05, 0.1) is 5.52 Å². The van der Waals surface area contributed by atoms with E-state index in [2.05, 4.69) is 26.0 Å². The molecule has 2 nitrogen and oxygen atoms in total. The lowest BCUT2D eigenvalue weighted by Gasteiger charge is -2.07. The standard InChI is InChI=1S/C19H18ClNO/c1-4-14-5-10-18-17(11-14)12(2)13(3)21(18)19(22)15-6-8-16(20)9-7-15/h5-11H,4H2,1-3H3. The molecule has 0 aliphatic carbocycles. The number of hydrogen-bond acceptors (Lipinski definition) is 1. The lowest BCUT2D eigenvalue weighted by Crippen LogP contribution is -2.13. The summed E-state index contributed by atoms with van der Waals surface area (Å²) in [5, 5.41) is 1.79. The summed E-state index contributed by atoms with van der Waals surface area (Å²) in [6.07, 6.45) is 0.991. The van der Waals surface area contributed by atoms with Crippen molar-refractivity contribution in [1.29, 1.82) is 0 Å². The zero-order valence-corrected chi connectivity index (χ0v) is 13.7. The van der Waals surface area contributed by atoms with Crippen LogP contribution in [0.2, 0.25) is 5.02 Å². The quantitative estimate of drug-likeness (QED) is 0.640. The van der Waals surface area contributed by atoms with Crippen molar-refractivity contribution in [1.82, 2.24) is 4.57 Å². The van der Waals surface area contributed by atoms with Gasteiger partial charge in [0.2, 0.25) is 0 Å². The third kappa shape index (κ3) is 2.34. The van der Waals surface area contributed by atoms with Gasteiger partial charge in [0.1, 0.15) is 0 Å². The van der Waals surface area contributed by atoms with Gasteiger partial charge < -0.3 is 0 Å². The first kappa shape index (κ1) is 14.9. The summed E-state index contributed by atoms with van der Waals surface area (Å²) >= 11 is 5.91. The van der Waals surface area contributed by atoms with E-state index in [1.54, 1.807) is 28.8 Å². The van der Waals surface area contributed by atoms with Gasteiger partial charge in [-0.1, -0.05) is 24.6 Å². The van der Waals surface area contributed by atoms with Gasteiger partial charge in [0, 0.05) is 21.7 Å². The van der Waals surface area contributed by atoms with Gasteiger partial charge in [-0.2, -0.15) is 0 Å². The number of rotatable bonds is 2. The normalized spacial score (nSPS) is 11.1. The van der Waals surface area contributed by atoms with Gasteiger partial charge in [0.25, 0.3) is 5.91 Å². The van der Waals surface area contributed by atoms with Gasteiger partial charge in [0.15, 0.2) is 0 Å². The minimum Gasteiger partial charge on any atom is -0.280 e. The number of carbonyl (C=O) groups is 1. The second-order valence-corrected chi connectivity index (χ2v) is 6.00. The van der Waals surface area contributed by atoms with E-state index >= 15 is 0 Å². The van der Waals surface area contributed by atoms with Crippen LogP contribution in [0.25, 0.3) is 10.9 Å². The molecule has 112 valence electrons. The highest BCUT2D eigenvalue weighted by atomic mass is 35.5. The van der Waals surface area contributed by atoms with Crippen molar-refractivity contribution in [2.75, 3.05) is 0 Å². The van der Waals surface area contributed by atoms with Gasteiger partial charge >= 0.3 is 0 Å². The molecule has 0 atom stereocenters. The van der Waals surface area contributed by atoms with Crippen molar-refractivity contribution < 1.29 is 4.79 Å². The average Bonchev–Trinajstić information content (AvgIpc) is 2.78. The topological polar surface area (TPSA) is 22.0 Å². The van der Waals surface area contributed by atoms with Crippen molar-refractivity contribution in [3.63, 3.8) is 0 Å². The minimum absolute atomic E-state index is 0.0171. The summed E-state index contributed by atoms with van der Waals surface area (Å²) in [7, 11) is 0. The van der Waals surface area contributed by atoms with E-state index < -0.39 is 0 Å². The lowest BCUT2D eigenvalue weighted by molar-refractivity contribution is 0.0963. The SMILES string of the molecule is CCc1ccc2c(c1)c(C)c(C)n2C(=O)c1ccc(Cl)cc1. The summed E-state index contributed by atoms with van der Waals surface area (Å²) in [5.41, 5.74) is 5.04. The smallest absolute Gasteiger partial charge is 0.262 e. The molecule has 0 fully saturated rings. The Balaban J connectivity index is 2.20. The van der Waals surface area contributed by atoms with Gasteiger partial charge in [-0.05, 0) is 67.8 Å². The van der Waals surface area contributed by atoms with Crippen LogP contribution >= 0.6 is 11.6 Å². The molecule has 3 aromatic rings. The fraction of sp³-hybridized carbons (Fsp3) is 0.211. The van der Waals surface area contributed by atoms with E-state index in [-0.39, 0.29) is 5.91 Å². The third-order valence-corrected chi connectivity index (χ3v) is 4.54. The Kier molecular flexibility index (Phi) is 3.79. The number of hydrogen-bond donors (Lipinski definition) is 0. The first-order valence-electron chi connectivity index (χ1n) is 7.43. The maximum absolute atomic E-state index is 12.9. The molecule has 0 N–H and O–H groups in total. The number of halogens is 1. The van der Waals surface area contributed by atoms with Crippen LogP contribution < -0.4 is 0 Å². The number of benzene rings is 2. The molecule has 0 saturated heterocycles. The second kappa shape index (κ2) is 5.62. The fourth-order valence-electron chi connectivity index (χ4n) is 2.83. The maximum atomic E-state index is 12.9. The summed E-state index contributed by atoms with van der Waals surface area (Å²) in [6, 6.07) is 13.4. The number of aromatic nitrogens is 1. The Hall–Kier alpha value is -2.06. The number of aryl methyl sites for hydroxylation is 2. The summed E-state index contributed by atoms with van der Waals surface area (Å²) < 4.78 is 1.80. The van der Waals surface area contributed by atoms with Crippen LogP contribution in [0.1, 0.15) is 34.1 Å². The molecule has 0 aliphatic rings. The Morgan fingerprint density at radius 3 is 2.41 bits per heavy atom.